The summed E-state index contributed by atoms with van der Waals surface area (Å²) in [5.74, 6) is 0.620. The second-order valence-corrected chi connectivity index (χ2v) is 8.09. The molecule has 0 aromatic heterocycles. The van der Waals surface area contributed by atoms with E-state index in [2.05, 4.69) is 24.3 Å². The van der Waals surface area contributed by atoms with Gasteiger partial charge >= 0.3 is 6.03 Å². The second kappa shape index (κ2) is 7.39. The van der Waals surface area contributed by atoms with Crippen LogP contribution in [-0.2, 0) is 4.74 Å². The van der Waals surface area contributed by atoms with E-state index >= 15 is 0 Å². The van der Waals surface area contributed by atoms with Crippen molar-refractivity contribution < 1.29 is 9.53 Å². The molecule has 5 heteroatoms. The Labute approximate surface area is 140 Å². The number of hydrogen-bond acceptors (Lipinski definition) is 3. The van der Waals surface area contributed by atoms with Crippen LogP contribution >= 0.6 is 0 Å². The largest absolute Gasteiger partial charge is 0.375 e. The summed E-state index contributed by atoms with van der Waals surface area (Å²) >= 11 is 0. The van der Waals surface area contributed by atoms with Gasteiger partial charge in [-0.15, -0.1) is 0 Å². The second-order valence-electron chi connectivity index (χ2n) is 8.09. The summed E-state index contributed by atoms with van der Waals surface area (Å²) < 4.78 is 6.13. The van der Waals surface area contributed by atoms with Crippen LogP contribution in [0.3, 0.4) is 0 Å². The van der Waals surface area contributed by atoms with E-state index in [0.29, 0.717) is 12.0 Å². The average molecular weight is 323 g/mol. The molecule has 0 radical (unpaired) electrons. The smallest absolute Gasteiger partial charge is 0.317 e. The van der Waals surface area contributed by atoms with Crippen molar-refractivity contribution in [2.24, 2.45) is 5.92 Å². The van der Waals surface area contributed by atoms with Crippen molar-refractivity contribution in [3.63, 3.8) is 0 Å². The highest BCUT2D eigenvalue weighted by Crippen LogP contribution is 2.38. The lowest BCUT2D eigenvalue weighted by Crippen LogP contribution is -2.52. The molecule has 2 aliphatic heterocycles. The van der Waals surface area contributed by atoms with Crippen molar-refractivity contribution in [1.82, 2.24) is 15.1 Å². The van der Waals surface area contributed by atoms with E-state index in [1.165, 1.54) is 32.1 Å². The lowest BCUT2D eigenvalue weighted by molar-refractivity contribution is -0.108. The number of ether oxygens (including phenoxy) is 1. The van der Waals surface area contributed by atoms with Gasteiger partial charge < -0.3 is 19.9 Å². The fraction of sp³-hybridized carbons (Fsp3) is 0.944. The lowest BCUT2D eigenvalue weighted by Gasteiger charge is -2.43. The standard InChI is InChI=1S/C18H33N3O2/c1-20(2)13-15-6-10-21(14-15)17(22)19-16-7-11-23-18(12-16)8-4-3-5-9-18/h15-16H,3-14H2,1-2H3,(H,19,22)/t15-,16+/m1/s1. The molecule has 0 unspecified atom stereocenters. The zero-order valence-electron chi connectivity index (χ0n) is 14.9. The van der Waals surface area contributed by atoms with E-state index in [9.17, 15) is 4.79 Å². The molecule has 3 fully saturated rings. The van der Waals surface area contributed by atoms with Crippen molar-refractivity contribution in [2.75, 3.05) is 40.3 Å². The molecule has 23 heavy (non-hydrogen) atoms. The van der Waals surface area contributed by atoms with Gasteiger partial charge in [-0.1, -0.05) is 19.3 Å². The average Bonchev–Trinajstić information content (AvgIpc) is 2.96. The van der Waals surface area contributed by atoms with E-state index in [1.807, 2.05) is 4.90 Å². The molecule has 2 amide bonds. The molecule has 1 N–H and O–H groups in total. The molecule has 1 aliphatic carbocycles. The monoisotopic (exact) mass is 323 g/mol. The van der Waals surface area contributed by atoms with Gasteiger partial charge in [-0.25, -0.2) is 4.79 Å². The molecule has 5 nitrogen and oxygen atoms in total. The van der Waals surface area contributed by atoms with Gasteiger partial charge in [0.05, 0.1) is 5.60 Å². The summed E-state index contributed by atoms with van der Waals surface area (Å²) in [6, 6.07) is 0.436. The maximum absolute atomic E-state index is 12.6. The van der Waals surface area contributed by atoms with Crippen molar-refractivity contribution in [3.05, 3.63) is 0 Å². The summed E-state index contributed by atoms with van der Waals surface area (Å²) in [4.78, 5) is 16.8. The molecule has 2 saturated heterocycles. The molecule has 3 rings (SSSR count). The van der Waals surface area contributed by atoms with Crippen LogP contribution in [0.25, 0.3) is 0 Å². The lowest BCUT2D eigenvalue weighted by atomic mass is 9.78. The molecule has 0 aromatic carbocycles. The van der Waals surface area contributed by atoms with Gasteiger partial charge in [0.2, 0.25) is 0 Å². The van der Waals surface area contributed by atoms with Crippen LogP contribution in [0.2, 0.25) is 0 Å². The van der Waals surface area contributed by atoms with Gasteiger partial charge in [0, 0.05) is 32.3 Å². The third-order valence-corrected chi connectivity index (χ3v) is 5.78. The molecule has 3 aliphatic rings. The number of carbonyl (C=O) groups excluding carboxylic acids is 1. The summed E-state index contributed by atoms with van der Waals surface area (Å²) in [6.45, 7) is 3.68. The summed E-state index contributed by atoms with van der Waals surface area (Å²) in [5.41, 5.74) is 0.0624. The molecule has 0 aromatic rings. The van der Waals surface area contributed by atoms with E-state index in [-0.39, 0.29) is 11.6 Å². The highest BCUT2D eigenvalue weighted by molar-refractivity contribution is 5.74. The maximum atomic E-state index is 12.6. The van der Waals surface area contributed by atoms with Crippen molar-refractivity contribution in [1.29, 1.82) is 0 Å². The van der Waals surface area contributed by atoms with E-state index in [0.717, 1.165) is 45.5 Å². The van der Waals surface area contributed by atoms with Crippen LogP contribution in [0.15, 0.2) is 0 Å². The van der Waals surface area contributed by atoms with Gasteiger partial charge in [-0.2, -0.15) is 0 Å². The Morgan fingerprint density at radius 2 is 2.04 bits per heavy atom. The number of rotatable bonds is 3. The van der Waals surface area contributed by atoms with E-state index < -0.39 is 0 Å². The number of hydrogen-bond donors (Lipinski definition) is 1. The molecule has 1 saturated carbocycles. The quantitative estimate of drug-likeness (QED) is 0.868. The van der Waals surface area contributed by atoms with Crippen LogP contribution in [0.1, 0.15) is 51.4 Å². The fourth-order valence-electron chi connectivity index (χ4n) is 4.64. The van der Waals surface area contributed by atoms with E-state index in [1.54, 1.807) is 0 Å². The van der Waals surface area contributed by atoms with Gasteiger partial charge in [-0.3, -0.25) is 0 Å². The Morgan fingerprint density at radius 1 is 1.26 bits per heavy atom. The Kier molecular flexibility index (Phi) is 5.47. The predicted octanol–water partition coefficient (Wildman–Crippen LogP) is 2.46. The first kappa shape index (κ1) is 17.0. The first-order valence-corrected chi connectivity index (χ1v) is 9.40. The summed E-state index contributed by atoms with van der Waals surface area (Å²) in [7, 11) is 4.21. The van der Waals surface area contributed by atoms with Crippen LogP contribution in [-0.4, -0.2) is 67.8 Å². The molecular formula is C18H33N3O2. The van der Waals surface area contributed by atoms with Crippen LogP contribution in [0.4, 0.5) is 4.79 Å². The van der Waals surface area contributed by atoms with Gasteiger partial charge in [0.1, 0.15) is 0 Å². The molecule has 2 heterocycles. The van der Waals surface area contributed by atoms with E-state index in [4.69, 9.17) is 4.74 Å². The van der Waals surface area contributed by atoms with Crippen LogP contribution < -0.4 is 5.32 Å². The minimum absolute atomic E-state index is 0.0624. The maximum Gasteiger partial charge on any atom is 0.317 e. The van der Waals surface area contributed by atoms with Crippen molar-refractivity contribution in [3.8, 4) is 0 Å². The summed E-state index contributed by atoms with van der Waals surface area (Å²) in [6.07, 6.45) is 9.34. The van der Waals surface area contributed by atoms with Gasteiger partial charge in [0.25, 0.3) is 0 Å². The number of nitrogens with one attached hydrogen (secondary N) is 1. The predicted molar refractivity (Wildman–Crippen MR) is 91.6 cm³/mol. The number of carbonyl (C=O) groups is 1. The van der Waals surface area contributed by atoms with Crippen LogP contribution in [0, 0.1) is 5.92 Å². The van der Waals surface area contributed by atoms with Crippen LogP contribution in [0.5, 0.6) is 0 Å². The van der Waals surface area contributed by atoms with Gasteiger partial charge in [0.15, 0.2) is 0 Å². The SMILES string of the molecule is CN(C)C[C@H]1CCN(C(=O)N[C@H]2CCOC3(CCCCC3)C2)C1. The third kappa shape index (κ3) is 4.38. The minimum Gasteiger partial charge on any atom is -0.375 e. The molecule has 1 spiro atoms. The Bertz CT molecular complexity index is 402. The zero-order valence-corrected chi connectivity index (χ0v) is 14.9. The molecule has 2 atom stereocenters. The number of nitrogens with zero attached hydrogens (tertiary/aromatic N) is 2. The summed E-state index contributed by atoms with van der Waals surface area (Å²) in [5, 5.41) is 3.30. The number of urea groups is 1. The highest BCUT2D eigenvalue weighted by Gasteiger charge is 2.39. The Hall–Kier alpha value is -0.810. The Balaban J connectivity index is 1.48. The zero-order chi connectivity index (χ0) is 16.3. The van der Waals surface area contributed by atoms with Gasteiger partial charge in [-0.05, 0) is 52.1 Å². The molecule has 132 valence electrons. The highest BCUT2D eigenvalue weighted by atomic mass is 16.5. The Morgan fingerprint density at radius 3 is 2.78 bits per heavy atom. The normalized spacial score (nSPS) is 30.8. The molecule has 0 bridgehead atoms. The first-order chi connectivity index (χ1) is 11.1. The topological polar surface area (TPSA) is 44.8 Å². The number of likely N-dealkylation sites (tertiary alicyclic amines) is 1. The third-order valence-electron chi connectivity index (χ3n) is 5.78. The van der Waals surface area contributed by atoms with Crippen molar-refractivity contribution >= 4 is 6.03 Å². The first-order valence-electron chi connectivity index (χ1n) is 9.40. The molecular weight excluding hydrogens is 290 g/mol. The number of amides is 2. The van der Waals surface area contributed by atoms with Crippen molar-refractivity contribution in [2.45, 2.75) is 63.0 Å². The fourth-order valence-corrected chi connectivity index (χ4v) is 4.64. The minimum atomic E-state index is 0.0624.